The van der Waals surface area contributed by atoms with E-state index in [1.54, 1.807) is 24.3 Å². The summed E-state index contributed by atoms with van der Waals surface area (Å²) in [6.07, 6.45) is 0.518. The van der Waals surface area contributed by atoms with E-state index in [1.165, 1.54) is 12.1 Å². The number of carbonyl (C=O) groups excluding carboxylic acids is 2. The molecule has 3 N–H and O–H groups in total. The second-order valence-corrected chi connectivity index (χ2v) is 6.36. The zero-order valence-electron chi connectivity index (χ0n) is 15.0. The van der Waals surface area contributed by atoms with E-state index in [2.05, 4.69) is 16.0 Å². The number of halogens is 1. The predicted molar refractivity (Wildman–Crippen MR) is 100 cm³/mol. The summed E-state index contributed by atoms with van der Waals surface area (Å²) in [5.41, 5.74) is 1.46. The lowest BCUT2D eigenvalue weighted by molar-refractivity contribution is -0.123. The van der Waals surface area contributed by atoms with Crippen molar-refractivity contribution in [2.24, 2.45) is 5.92 Å². The predicted octanol–water partition coefficient (Wildman–Crippen LogP) is 3.33. The zero-order valence-corrected chi connectivity index (χ0v) is 15.0. The monoisotopic (exact) mass is 357 g/mol. The molecule has 2 aromatic carbocycles. The number of hydrogen-bond acceptors (Lipinski definition) is 2. The minimum Gasteiger partial charge on any atom is -0.354 e. The molecule has 138 valence electrons. The second kappa shape index (κ2) is 9.56. The second-order valence-electron chi connectivity index (χ2n) is 6.36. The largest absolute Gasteiger partial charge is 0.354 e. The summed E-state index contributed by atoms with van der Waals surface area (Å²) in [5, 5.41) is 8.20. The number of amides is 3. The first-order valence-electron chi connectivity index (χ1n) is 8.60. The normalized spacial score (nSPS) is 11.7. The maximum Gasteiger partial charge on any atom is 0.319 e. The van der Waals surface area contributed by atoms with Crippen LogP contribution in [0.4, 0.5) is 14.9 Å². The average Bonchev–Trinajstić information content (AvgIpc) is 2.60. The first kappa shape index (κ1) is 19.4. The Morgan fingerprint density at radius 3 is 2.42 bits per heavy atom. The molecule has 6 heteroatoms. The van der Waals surface area contributed by atoms with Crippen LogP contribution < -0.4 is 16.0 Å². The van der Waals surface area contributed by atoms with E-state index >= 15 is 0 Å². The summed E-state index contributed by atoms with van der Waals surface area (Å²) in [7, 11) is 0. The Balaban J connectivity index is 1.85. The molecule has 2 aromatic rings. The number of benzene rings is 2. The minimum atomic E-state index is -0.661. The molecule has 0 unspecified atom stereocenters. The van der Waals surface area contributed by atoms with Crippen LogP contribution in [-0.4, -0.2) is 24.5 Å². The fourth-order valence-electron chi connectivity index (χ4n) is 2.50. The highest BCUT2D eigenvalue weighted by Crippen LogP contribution is 2.07. The summed E-state index contributed by atoms with van der Waals surface area (Å²) in [6.45, 7) is 4.09. The van der Waals surface area contributed by atoms with Crippen molar-refractivity contribution in [3.05, 3.63) is 66.0 Å². The molecule has 0 fully saturated rings. The summed E-state index contributed by atoms with van der Waals surface area (Å²) in [5.74, 6) is -0.640. The van der Waals surface area contributed by atoms with Crippen LogP contribution in [0.3, 0.4) is 0 Å². The van der Waals surface area contributed by atoms with Crippen molar-refractivity contribution >= 4 is 17.6 Å². The van der Waals surface area contributed by atoms with Gasteiger partial charge in [-0.15, -0.1) is 0 Å². The summed E-state index contributed by atoms with van der Waals surface area (Å²) >= 11 is 0. The van der Waals surface area contributed by atoms with E-state index in [9.17, 15) is 14.0 Å². The summed E-state index contributed by atoms with van der Waals surface area (Å²) < 4.78 is 13.2. The molecule has 0 aliphatic rings. The third-order valence-corrected chi connectivity index (χ3v) is 3.87. The Hall–Kier alpha value is -2.89. The summed E-state index contributed by atoms with van der Waals surface area (Å²) in [4.78, 5) is 24.5. The third-order valence-electron chi connectivity index (χ3n) is 3.87. The van der Waals surface area contributed by atoms with Gasteiger partial charge in [0, 0.05) is 12.2 Å². The standard InChI is InChI=1S/C20H24FN3O2/c1-14(2)18(24-20(26)23-17-9-4-3-5-10-17)19(25)22-12-11-15-7-6-8-16(21)13-15/h3-10,13-14,18H,11-12H2,1-2H3,(H,22,25)(H2,23,24,26)/t18-/m1/s1. The molecule has 0 saturated carbocycles. The fourth-order valence-corrected chi connectivity index (χ4v) is 2.50. The van der Waals surface area contributed by atoms with E-state index in [1.807, 2.05) is 32.0 Å². The lowest BCUT2D eigenvalue weighted by Gasteiger charge is -2.22. The smallest absolute Gasteiger partial charge is 0.319 e. The minimum absolute atomic E-state index is 0.0781. The van der Waals surface area contributed by atoms with Crippen LogP contribution in [0.25, 0.3) is 0 Å². The van der Waals surface area contributed by atoms with Crippen molar-refractivity contribution in [2.45, 2.75) is 26.3 Å². The van der Waals surface area contributed by atoms with Gasteiger partial charge in [0.25, 0.3) is 0 Å². The molecule has 26 heavy (non-hydrogen) atoms. The number of urea groups is 1. The van der Waals surface area contributed by atoms with Crippen LogP contribution in [0.2, 0.25) is 0 Å². The van der Waals surface area contributed by atoms with Gasteiger partial charge in [-0.1, -0.05) is 44.2 Å². The van der Waals surface area contributed by atoms with E-state index in [-0.39, 0.29) is 17.6 Å². The Morgan fingerprint density at radius 2 is 1.77 bits per heavy atom. The van der Waals surface area contributed by atoms with Crippen molar-refractivity contribution in [3.63, 3.8) is 0 Å². The molecule has 5 nitrogen and oxygen atoms in total. The fraction of sp³-hybridized carbons (Fsp3) is 0.300. The maximum atomic E-state index is 13.2. The molecule has 0 radical (unpaired) electrons. The molecule has 0 saturated heterocycles. The number of hydrogen-bond donors (Lipinski definition) is 3. The number of anilines is 1. The molecular weight excluding hydrogens is 333 g/mol. The SMILES string of the molecule is CC(C)[C@@H](NC(=O)Nc1ccccc1)C(=O)NCCc1cccc(F)c1. The van der Waals surface area contributed by atoms with Crippen molar-refractivity contribution < 1.29 is 14.0 Å². The molecule has 0 aromatic heterocycles. The molecular formula is C20H24FN3O2. The molecule has 3 amide bonds. The molecule has 0 heterocycles. The van der Waals surface area contributed by atoms with E-state index in [0.717, 1.165) is 5.56 Å². The summed E-state index contributed by atoms with van der Waals surface area (Å²) in [6, 6.07) is 14.2. The number of nitrogens with one attached hydrogen (secondary N) is 3. The van der Waals surface area contributed by atoms with Gasteiger partial charge in [-0.05, 0) is 42.2 Å². The van der Waals surface area contributed by atoms with Crippen LogP contribution in [0.15, 0.2) is 54.6 Å². The molecule has 2 rings (SSSR count). The van der Waals surface area contributed by atoms with E-state index in [4.69, 9.17) is 0 Å². The Kier molecular flexibility index (Phi) is 7.14. The van der Waals surface area contributed by atoms with Crippen molar-refractivity contribution in [1.82, 2.24) is 10.6 Å². The highest BCUT2D eigenvalue weighted by molar-refractivity contribution is 5.93. The van der Waals surface area contributed by atoms with Gasteiger partial charge in [-0.3, -0.25) is 4.79 Å². The highest BCUT2D eigenvalue weighted by Gasteiger charge is 2.23. The third kappa shape index (κ3) is 6.20. The molecule has 0 aliphatic carbocycles. The molecule has 1 atom stereocenters. The van der Waals surface area contributed by atoms with Crippen LogP contribution in [0.5, 0.6) is 0 Å². The lowest BCUT2D eigenvalue weighted by atomic mass is 10.0. The molecule has 0 spiro atoms. The van der Waals surface area contributed by atoms with Crippen molar-refractivity contribution in [2.75, 3.05) is 11.9 Å². The van der Waals surface area contributed by atoms with Gasteiger partial charge >= 0.3 is 6.03 Å². The number of rotatable bonds is 7. The van der Waals surface area contributed by atoms with Crippen LogP contribution >= 0.6 is 0 Å². The van der Waals surface area contributed by atoms with Gasteiger partial charge in [0.1, 0.15) is 11.9 Å². The van der Waals surface area contributed by atoms with Gasteiger partial charge in [0.05, 0.1) is 0 Å². The van der Waals surface area contributed by atoms with Gasteiger partial charge in [-0.2, -0.15) is 0 Å². The average molecular weight is 357 g/mol. The zero-order chi connectivity index (χ0) is 18.9. The Morgan fingerprint density at radius 1 is 1.04 bits per heavy atom. The maximum absolute atomic E-state index is 13.2. The van der Waals surface area contributed by atoms with Gasteiger partial charge in [-0.25, -0.2) is 9.18 Å². The van der Waals surface area contributed by atoms with Crippen molar-refractivity contribution in [3.8, 4) is 0 Å². The number of para-hydroxylation sites is 1. The van der Waals surface area contributed by atoms with Crippen LogP contribution in [-0.2, 0) is 11.2 Å². The first-order chi connectivity index (χ1) is 12.5. The molecule has 0 aliphatic heterocycles. The van der Waals surface area contributed by atoms with Crippen molar-refractivity contribution in [1.29, 1.82) is 0 Å². The van der Waals surface area contributed by atoms with E-state index < -0.39 is 12.1 Å². The first-order valence-corrected chi connectivity index (χ1v) is 8.60. The number of carbonyl (C=O) groups is 2. The van der Waals surface area contributed by atoms with E-state index in [0.29, 0.717) is 18.7 Å². The Labute approximate surface area is 153 Å². The van der Waals surface area contributed by atoms with Gasteiger partial charge in [0.2, 0.25) is 5.91 Å². The highest BCUT2D eigenvalue weighted by atomic mass is 19.1. The van der Waals surface area contributed by atoms with Gasteiger partial charge < -0.3 is 16.0 Å². The molecule has 0 bridgehead atoms. The topological polar surface area (TPSA) is 70.2 Å². The lowest BCUT2D eigenvalue weighted by Crippen LogP contribution is -2.51. The van der Waals surface area contributed by atoms with Gasteiger partial charge in [0.15, 0.2) is 0 Å². The Bertz CT molecular complexity index is 735. The van der Waals surface area contributed by atoms with Crippen LogP contribution in [0.1, 0.15) is 19.4 Å². The van der Waals surface area contributed by atoms with Crippen LogP contribution in [0, 0.1) is 11.7 Å². The quantitative estimate of drug-likeness (QED) is 0.711.